The first-order chi connectivity index (χ1) is 9.56. The molecular weight excluding hydrogens is 250 g/mol. The number of aliphatic hydroxyl groups is 2. The fourth-order valence-electron chi connectivity index (χ4n) is 2.62. The van der Waals surface area contributed by atoms with Crippen LogP contribution in [-0.2, 0) is 0 Å². The van der Waals surface area contributed by atoms with Crippen LogP contribution in [0.2, 0.25) is 0 Å². The Kier molecular flexibility index (Phi) is 5.19. The fraction of sp³-hybridized carbons (Fsp3) is 0.647. The van der Waals surface area contributed by atoms with Crippen LogP contribution in [0.5, 0.6) is 0 Å². The van der Waals surface area contributed by atoms with Crippen molar-refractivity contribution in [3.63, 3.8) is 0 Å². The summed E-state index contributed by atoms with van der Waals surface area (Å²) in [6.07, 6.45) is 2.81. The van der Waals surface area contributed by atoms with E-state index in [1.165, 1.54) is 18.4 Å². The van der Waals surface area contributed by atoms with E-state index in [1.807, 2.05) is 12.1 Å². The standard InChI is InChI=1S/C17H27NO2/c1-13(2)14-3-5-15(6-4-14)16(20)11-18-12-17(7-8-17)9-10-19/h3-6,13,16,18-20H,7-12H2,1-2H3. The van der Waals surface area contributed by atoms with Crippen molar-refractivity contribution in [3.8, 4) is 0 Å². The lowest BCUT2D eigenvalue weighted by Crippen LogP contribution is -2.28. The van der Waals surface area contributed by atoms with Crippen molar-refractivity contribution in [2.75, 3.05) is 19.7 Å². The maximum absolute atomic E-state index is 10.2. The normalized spacial score (nSPS) is 18.2. The van der Waals surface area contributed by atoms with Gasteiger partial charge in [0.05, 0.1) is 6.10 Å². The summed E-state index contributed by atoms with van der Waals surface area (Å²) in [5.41, 5.74) is 2.57. The van der Waals surface area contributed by atoms with Crippen LogP contribution in [0.3, 0.4) is 0 Å². The van der Waals surface area contributed by atoms with E-state index in [9.17, 15) is 5.11 Å². The lowest BCUT2D eigenvalue weighted by Gasteiger charge is -2.17. The molecule has 3 heteroatoms. The average Bonchev–Trinajstić information content (AvgIpc) is 3.19. The number of hydrogen-bond acceptors (Lipinski definition) is 3. The summed E-state index contributed by atoms with van der Waals surface area (Å²) in [5, 5.41) is 22.6. The molecule has 1 aromatic carbocycles. The minimum Gasteiger partial charge on any atom is -0.396 e. The van der Waals surface area contributed by atoms with Crippen LogP contribution >= 0.6 is 0 Å². The Morgan fingerprint density at radius 3 is 2.25 bits per heavy atom. The van der Waals surface area contributed by atoms with Gasteiger partial charge in [-0.05, 0) is 41.7 Å². The molecule has 1 saturated carbocycles. The molecule has 20 heavy (non-hydrogen) atoms. The highest BCUT2D eigenvalue weighted by Crippen LogP contribution is 2.47. The molecule has 0 bridgehead atoms. The predicted molar refractivity (Wildman–Crippen MR) is 81.7 cm³/mol. The highest BCUT2D eigenvalue weighted by atomic mass is 16.3. The third-order valence-corrected chi connectivity index (χ3v) is 4.42. The second kappa shape index (κ2) is 6.70. The Morgan fingerprint density at radius 2 is 1.75 bits per heavy atom. The smallest absolute Gasteiger partial charge is 0.0914 e. The van der Waals surface area contributed by atoms with Crippen LogP contribution in [0.25, 0.3) is 0 Å². The van der Waals surface area contributed by atoms with Gasteiger partial charge in [-0.1, -0.05) is 38.1 Å². The molecule has 0 aliphatic heterocycles. The molecule has 1 atom stereocenters. The largest absolute Gasteiger partial charge is 0.396 e. The van der Waals surface area contributed by atoms with Gasteiger partial charge in [0.25, 0.3) is 0 Å². The summed E-state index contributed by atoms with van der Waals surface area (Å²) in [6, 6.07) is 8.22. The van der Waals surface area contributed by atoms with Gasteiger partial charge in [-0.15, -0.1) is 0 Å². The Hall–Kier alpha value is -0.900. The van der Waals surface area contributed by atoms with E-state index in [2.05, 4.69) is 31.3 Å². The quantitative estimate of drug-likeness (QED) is 0.684. The molecule has 1 unspecified atom stereocenters. The maximum atomic E-state index is 10.2. The first kappa shape index (κ1) is 15.5. The van der Waals surface area contributed by atoms with E-state index in [-0.39, 0.29) is 6.61 Å². The van der Waals surface area contributed by atoms with Gasteiger partial charge in [0, 0.05) is 19.7 Å². The molecule has 0 heterocycles. The van der Waals surface area contributed by atoms with E-state index >= 15 is 0 Å². The maximum Gasteiger partial charge on any atom is 0.0914 e. The van der Waals surface area contributed by atoms with Gasteiger partial charge < -0.3 is 15.5 Å². The summed E-state index contributed by atoms with van der Waals surface area (Å²) in [4.78, 5) is 0. The molecule has 112 valence electrons. The zero-order valence-electron chi connectivity index (χ0n) is 12.6. The highest BCUT2D eigenvalue weighted by Gasteiger charge is 2.41. The molecular formula is C17H27NO2. The lowest BCUT2D eigenvalue weighted by atomic mass is 9.99. The van der Waals surface area contributed by atoms with Crippen molar-refractivity contribution >= 4 is 0 Å². The van der Waals surface area contributed by atoms with Gasteiger partial charge in [-0.2, -0.15) is 0 Å². The number of aliphatic hydroxyl groups excluding tert-OH is 2. The van der Waals surface area contributed by atoms with Crippen molar-refractivity contribution in [3.05, 3.63) is 35.4 Å². The van der Waals surface area contributed by atoms with Crippen molar-refractivity contribution in [1.29, 1.82) is 0 Å². The second-order valence-corrected chi connectivity index (χ2v) is 6.44. The number of hydrogen-bond donors (Lipinski definition) is 3. The molecule has 0 saturated heterocycles. The average molecular weight is 277 g/mol. The SMILES string of the molecule is CC(C)c1ccc(C(O)CNCC2(CCO)CC2)cc1. The third-order valence-electron chi connectivity index (χ3n) is 4.42. The van der Waals surface area contributed by atoms with E-state index in [0.29, 0.717) is 17.9 Å². The Morgan fingerprint density at radius 1 is 1.15 bits per heavy atom. The van der Waals surface area contributed by atoms with Crippen LogP contribution in [-0.4, -0.2) is 29.9 Å². The molecule has 0 aromatic heterocycles. The van der Waals surface area contributed by atoms with Crippen molar-refractivity contribution in [2.24, 2.45) is 5.41 Å². The van der Waals surface area contributed by atoms with Gasteiger partial charge in [0.1, 0.15) is 0 Å². The van der Waals surface area contributed by atoms with Crippen molar-refractivity contribution < 1.29 is 10.2 Å². The Balaban J connectivity index is 1.78. The first-order valence-corrected chi connectivity index (χ1v) is 7.66. The van der Waals surface area contributed by atoms with Crippen LogP contribution in [0.4, 0.5) is 0 Å². The summed E-state index contributed by atoms with van der Waals surface area (Å²) in [6.45, 7) is 6.08. The second-order valence-electron chi connectivity index (χ2n) is 6.44. The van der Waals surface area contributed by atoms with Gasteiger partial charge >= 0.3 is 0 Å². The predicted octanol–water partition coefficient (Wildman–Crippen LogP) is 2.60. The molecule has 0 radical (unpaired) electrons. The third kappa shape index (κ3) is 4.05. The summed E-state index contributed by atoms with van der Waals surface area (Å²) in [7, 11) is 0. The lowest BCUT2D eigenvalue weighted by molar-refractivity contribution is 0.169. The van der Waals surface area contributed by atoms with Crippen LogP contribution < -0.4 is 5.32 Å². The van der Waals surface area contributed by atoms with Crippen LogP contribution in [0.1, 0.15) is 56.3 Å². The first-order valence-electron chi connectivity index (χ1n) is 7.66. The molecule has 1 aliphatic rings. The van der Waals surface area contributed by atoms with Gasteiger partial charge in [-0.3, -0.25) is 0 Å². The molecule has 3 N–H and O–H groups in total. The summed E-state index contributed by atoms with van der Waals surface area (Å²) >= 11 is 0. The number of nitrogens with one attached hydrogen (secondary N) is 1. The Bertz CT molecular complexity index is 410. The monoisotopic (exact) mass is 277 g/mol. The van der Waals surface area contributed by atoms with Crippen molar-refractivity contribution in [2.45, 2.75) is 45.1 Å². The van der Waals surface area contributed by atoms with Gasteiger partial charge in [0.15, 0.2) is 0 Å². The molecule has 1 aliphatic carbocycles. The zero-order chi connectivity index (χ0) is 14.6. The minimum atomic E-state index is -0.457. The van der Waals surface area contributed by atoms with E-state index < -0.39 is 6.10 Å². The summed E-state index contributed by atoms with van der Waals surface area (Å²) in [5.74, 6) is 0.521. The van der Waals surface area contributed by atoms with Crippen LogP contribution in [0.15, 0.2) is 24.3 Å². The molecule has 1 aromatic rings. The van der Waals surface area contributed by atoms with Gasteiger partial charge in [-0.25, -0.2) is 0 Å². The molecule has 2 rings (SSSR count). The highest BCUT2D eigenvalue weighted by molar-refractivity contribution is 5.26. The molecule has 0 amide bonds. The van der Waals surface area contributed by atoms with Gasteiger partial charge in [0.2, 0.25) is 0 Å². The number of benzene rings is 1. The van der Waals surface area contributed by atoms with Crippen LogP contribution in [0, 0.1) is 5.41 Å². The molecule has 3 nitrogen and oxygen atoms in total. The molecule has 0 spiro atoms. The Labute approximate surface area is 122 Å². The van der Waals surface area contributed by atoms with E-state index in [4.69, 9.17) is 5.11 Å². The van der Waals surface area contributed by atoms with E-state index in [0.717, 1.165) is 18.5 Å². The molecule has 1 fully saturated rings. The van der Waals surface area contributed by atoms with E-state index in [1.54, 1.807) is 0 Å². The van der Waals surface area contributed by atoms with Crippen molar-refractivity contribution in [1.82, 2.24) is 5.32 Å². The number of rotatable bonds is 8. The summed E-state index contributed by atoms with van der Waals surface area (Å²) < 4.78 is 0. The fourth-order valence-corrected chi connectivity index (χ4v) is 2.62. The topological polar surface area (TPSA) is 52.5 Å². The minimum absolute atomic E-state index is 0.265. The zero-order valence-corrected chi connectivity index (χ0v) is 12.6.